The molecule has 4 saturated heterocycles. The fourth-order valence-electron chi connectivity index (χ4n) is 10.9. The molecule has 14 atom stereocenters. The maximum Gasteiger partial charge on any atom is 0.646 e. The lowest BCUT2D eigenvalue weighted by molar-refractivity contribution is -0.153. The van der Waals surface area contributed by atoms with Crippen molar-refractivity contribution in [2.45, 2.75) is 61.5 Å². The second-order valence-corrected chi connectivity index (χ2v) is 21.9. The summed E-state index contributed by atoms with van der Waals surface area (Å²) in [6.07, 6.45) is -4.41. The molecule has 4 unspecified atom stereocenters. The molecule has 0 aromatic heterocycles. The highest BCUT2D eigenvalue weighted by atomic mass is 31.2. The predicted octanol–water partition coefficient (Wildman–Crippen LogP) is 4.43. The van der Waals surface area contributed by atoms with Gasteiger partial charge in [-0.3, -0.25) is 9.59 Å². The zero-order valence-electron chi connectivity index (χ0n) is 39.9. The Balaban J connectivity index is 0.000000162. The summed E-state index contributed by atoms with van der Waals surface area (Å²) in [4.78, 5) is 26.9. The lowest BCUT2D eigenvalue weighted by Crippen LogP contribution is -2.66. The third kappa shape index (κ3) is 9.98. The molecule has 24 heteroatoms. The first-order valence-corrected chi connectivity index (χ1v) is 27.3. The first kappa shape index (κ1) is 51.1. The van der Waals surface area contributed by atoms with Gasteiger partial charge in [0, 0.05) is 11.8 Å². The molecule has 4 aromatic carbocycles. The van der Waals surface area contributed by atoms with Crippen LogP contribution in [0.2, 0.25) is 0 Å². The number of benzene rings is 4. The van der Waals surface area contributed by atoms with E-state index in [4.69, 9.17) is 46.1 Å². The summed E-state index contributed by atoms with van der Waals surface area (Å²) in [5.74, 6) is -4.09. The molecule has 8 N–H and O–H groups in total. The highest BCUT2D eigenvalue weighted by Crippen LogP contribution is 2.59. The Labute approximate surface area is 433 Å². The summed E-state index contributed by atoms with van der Waals surface area (Å²) in [5, 5.41) is 67.8. The van der Waals surface area contributed by atoms with Crippen LogP contribution >= 0.6 is 15.6 Å². The molecule has 400 valence electrons. The minimum atomic E-state index is -4.48. The summed E-state index contributed by atoms with van der Waals surface area (Å²) in [6, 6.07) is 31.6. The number of hydrogen-bond acceptors (Lipinski definition) is 20. The first-order valence-electron chi connectivity index (χ1n) is 24.4. The van der Waals surface area contributed by atoms with Gasteiger partial charge in [-0.2, -0.15) is 9.13 Å². The van der Waals surface area contributed by atoms with Gasteiger partial charge in [-0.1, -0.05) is 72.8 Å². The average molecular weight is 1090 g/mol. The zero-order valence-corrected chi connectivity index (χ0v) is 41.7. The molecule has 0 spiro atoms. The van der Waals surface area contributed by atoms with Gasteiger partial charge in [0.25, 0.3) is 0 Å². The molecule has 12 rings (SSSR count). The molecular weight excluding hydrogens is 1030 g/mol. The SMILES string of the molecule is O=C1N[C@H]2[C@H](O)[C@H](O)[C@@H](O)C[C@@H]2C2C=C3OCOC3=C(OP(=O)(Oc3ccccc3)Oc3ccccc3)C12.O=C1N[C@H]2[C@H](O)[C@H](O)[C@@H](O)C[C@@H]2C2C=C3OCOC3=C(OP(=O)(Oc3ccccc3)Oc3ccccc3)C12. The third-order valence-corrected chi connectivity index (χ3v) is 16.9. The number of hydrogen-bond donors (Lipinski definition) is 8. The van der Waals surface area contributed by atoms with Crippen molar-refractivity contribution in [2.24, 2.45) is 35.5 Å². The van der Waals surface area contributed by atoms with Gasteiger partial charge in [-0.25, -0.2) is 0 Å². The zero-order chi connectivity index (χ0) is 52.9. The van der Waals surface area contributed by atoms with E-state index >= 15 is 0 Å². The number of ether oxygens (including phenoxy) is 4. The number of phosphoric ester groups is 2. The molecule has 6 fully saturated rings. The van der Waals surface area contributed by atoms with E-state index in [9.17, 15) is 49.4 Å². The predicted molar refractivity (Wildman–Crippen MR) is 260 cm³/mol. The van der Waals surface area contributed by atoms with Gasteiger partial charge in [0.1, 0.15) is 59.2 Å². The van der Waals surface area contributed by atoms with Crippen molar-refractivity contribution in [3.8, 4) is 23.0 Å². The van der Waals surface area contributed by atoms with Crippen molar-refractivity contribution >= 4 is 27.5 Å². The maximum absolute atomic E-state index is 14.2. The van der Waals surface area contributed by atoms with Crippen LogP contribution in [0.5, 0.6) is 23.0 Å². The quantitative estimate of drug-likeness (QED) is 0.0910. The number of carbonyl (C=O) groups excluding carboxylic acids is 2. The average Bonchev–Trinajstić information content (AvgIpc) is 4.18. The van der Waals surface area contributed by atoms with Gasteiger partial charge >= 0.3 is 15.6 Å². The topological polar surface area (TPSA) is 306 Å². The van der Waals surface area contributed by atoms with Gasteiger partial charge in [-0.05, 0) is 85.4 Å². The van der Waals surface area contributed by atoms with Gasteiger partial charge in [-0.15, -0.1) is 0 Å². The van der Waals surface area contributed by atoms with E-state index in [1.807, 2.05) is 0 Å². The summed E-state index contributed by atoms with van der Waals surface area (Å²) in [5.41, 5.74) is 0. The number of para-hydroxylation sites is 4. The summed E-state index contributed by atoms with van der Waals surface area (Å²) in [6.45, 7) is -0.312. The monoisotopic (exact) mass is 1090 g/mol. The van der Waals surface area contributed by atoms with Gasteiger partial charge in [0.15, 0.2) is 23.0 Å². The van der Waals surface area contributed by atoms with E-state index in [0.717, 1.165) is 0 Å². The normalized spacial score (nSPS) is 31.9. The van der Waals surface area contributed by atoms with Crippen LogP contribution in [0.1, 0.15) is 12.8 Å². The molecule has 8 aliphatic rings. The highest BCUT2D eigenvalue weighted by molar-refractivity contribution is 7.49. The molecule has 2 amide bonds. The van der Waals surface area contributed by atoms with E-state index in [1.54, 1.807) is 133 Å². The van der Waals surface area contributed by atoms with Crippen LogP contribution in [0.4, 0.5) is 0 Å². The Morgan fingerprint density at radius 2 is 0.750 bits per heavy atom. The molecule has 0 radical (unpaired) electrons. The van der Waals surface area contributed by atoms with Crippen LogP contribution in [-0.2, 0) is 46.7 Å². The first-order chi connectivity index (χ1) is 36.7. The Morgan fingerprint density at radius 3 is 1.07 bits per heavy atom. The summed E-state index contributed by atoms with van der Waals surface area (Å²) in [7, 11) is -8.96. The van der Waals surface area contributed by atoms with Crippen molar-refractivity contribution in [1.29, 1.82) is 0 Å². The fraction of sp³-hybridized carbons (Fsp3) is 0.346. The molecule has 0 bridgehead atoms. The molecular formula is C52H52N2O20P2. The number of aliphatic hydroxyl groups is 6. The second kappa shape index (κ2) is 20.8. The summed E-state index contributed by atoms with van der Waals surface area (Å²) >= 11 is 0. The van der Waals surface area contributed by atoms with Crippen molar-refractivity contribution < 1.29 is 95.4 Å². The van der Waals surface area contributed by atoms with Gasteiger partial charge in [0.05, 0.1) is 24.3 Å². The molecule has 2 saturated carbocycles. The number of aliphatic hydroxyl groups excluding tert-OH is 6. The standard InChI is InChI=1S/2C26H26NO10P/c2*28-18-11-17-16-12-19-24(34-13-33-19)25(20(16)26(31)27-21(17)23(30)22(18)29)37-38(32,35-14-7-3-1-4-8-14)36-15-9-5-2-6-10-15/h2*1-10,12,16-18,20-23,28-30H,11,13H2,(H,27,31)/t2*16?,17-,18+,20?,21-,22-,23+/m11/s1. The fourth-order valence-corrected chi connectivity index (χ4v) is 13.5. The Kier molecular flexibility index (Phi) is 14.0. The number of amides is 2. The Hall–Kier alpha value is -7.00. The lowest BCUT2D eigenvalue weighted by atomic mass is 9.64. The van der Waals surface area contributed by atoms with Crippen LogP contribution in [0.25, 0.3) is 0 Å². The van der Waals surface area contributed by atoms with Crippen LogP contribution in [0.15, 0.2) is 168 Å². The van der Waals surface area contributed by atoms with Gasteiger partial charge in [0.2, 0.25) is 36.9 Å². The maximum atomic E-state index is 14.2. The van der Waals surface area contributed by atoms with Crippen molar-refractivity contribution in [1.82, 2.24) is 10.6 Å². The van der Waals surface area contributed by atoms with E-state index in [2.05, 4.69) is 10.6 Å². The van der Waals surface area contributed by atoms with Crippen LogP contribution < -0.4 is 28.7 Å². The highest BCUT2D eigenvalue weighted by Gasteiger charge is 2.59. The second-order valence-electron chi connectivity index (χ2n) is 19.0. The molecule has 22 nitrogen and oxygen atoms in total. The van der Waals surface area contributed by atoms with Crippen molar-refractivity contribution in [3.05, 3.63) is 168 Å². The van der Waals surface area contributed by atoms with Crippen LogP contribution in [-0.4, -0.2) is 105 Å². The summed E-state index contributed by atoms with van der Waals surface area (Å²) < 4.78 is 85.7. The van der Waals surface area contributed by atoms with E-state index in [0.29, 0.717) is 0 Å². The van der Waals surface area contributed by atoms with E-state index in [-0.39, 0.29) is 84.0 Å². The number of rotatable bonds is 12. The number of carbonyl (C=O) groups is 2. The molecule has 4 aromatic rings. The number of fused-ring (bicyclic) bond motifs is 8. The van der Waals surface area contributed by atoms with Gasteiger partial charge < -0.3 is 87.4 Å². The van der Waals surface area contributed by atoms with Crippen LogP contribution in [0.3, 0.4) is 0 Å². The number of allylic oxidation sites excluding steroid dienone is 2. The van der Waals surface area contributed by atoms with Crippen molar-refractivity contribution in [2.75, 3.05) is 13.6 Å². The third-order valence-electron chi connectivity index (χ3n) is 14.4. The molecule has 4 aliphatic carbocycles. The van der Waals surface area contributed by atoms with E-state index in [1.165, 1.54) is 0 Å². The molecule has 4 aliphatic heterocycles. The lowest BCUT2D eigenvalue weighted by Gasteiger charge is -2.49. The Morgan fingerprint density at radius 1 is 0.434 bits per heavy atom. The van der Waals surface area contributed by atoms with Crippen molar-refractivity contribution in [3.63, 3.8) is 0 Å². The minimum Gasteiger partial charge on any atom is -0.454 e. The smallest absolute Gasteiger partial charge is 0.454 e. The van der Waals surface area contributed by atoms with E-state index < -0.39 is 112 Å². The number of nitrogens with one attached hydrogen (secondary N) is 2. The molecule has 4 heterocycles. The van der Waals surface area contributed by atoms with Crippen LogP contribution in [0, 0.1) is 35.5 Å². The number of phosphoric acid groups is 2. The number of piperidine rings is 2. The Bertz CT molecular complexity index is 2740. The minimum absolute atomic E-state index is 0.0883. The molecule has 76 heavy (non-hydrogen) atoms. The largest absolute Gasteiger partial charge is 0.646 e.